The fourth-order valence-electron chi connectivity index (χ4n) is 1.83. The molecule has 1 aromatic rings. The SMILES string of the molecule is Cc1ccc2c(c1)NCCC2(C)F. The first-order valence-electron chi connectivity index (χ1n) is 4.63. The van der Waals surface area contributed by atoms with E-state index < -0.39 is 5.67 Å². The van der Waals surface area contributed by atoms with Crippen molar-refractivity contribution in [3.8, 4) is 0 Å². The van der Waals surface area contributed by atoms with Crippen molar-refractivity contribution >= 4 is 5.69 Å². The molecule has 0 radical (unpaired) electrons. The van der Waals surface area contributed by atoms with Crippen LogP contribution in [0, 0.1) is 6.92 Å². The number of hydrogen-bond donors (Lipinski definition) is 1. The summed E-state index contributed by atoms with van der Waals surface area (Å²) in [4.78, 5) is 0. The molecule has 1 N–H and O–H groups in total. The van der Waals surface area contributed by atoms with Crippen molar-refractivity contribution in [2.75, 3.05) is 11.9 Å². The van der Waals surface area contributed by atoms with E-state index in [-0.39, 0.29) is 0 Å². The van der Waals surface area contributed by atoms with Crippen LogP contribution >= 0.6 is 0 Å². The lowest BCUT2D eigenvalue weighted by Gasteiger charge is -2.29. The van der Waals surface area contributed by atoms with Crippen LogP contribution < -0.4 is 5.32 Å². The van der Waals surface area contributed by atoms with Crippen molar-refractivity contribution in [2.24, 2.45) is 0 Å². The molecule has 70 valence electrons. The molecular formula is C11H14FN. The van der Waals surface area contributed by atoms with Crippen LogP contribution in [0.5, 0.6) is 0 Å². The lowest BCUT2D eigenvalue weighted by molar-refractivity contribution is 0.178. The predicted molar refractivity (Wildman–Crippen MR) is 52.7 cm³/mol. The topological polar surface area (TPSA) is 12.0 Å². The first-order chi connectivity index (χ1) is 6.09. The van der Waals surface area contributed by atoms with Gasteiger partial charge in [0.15, 0.2) is 0 Å². The van der Waals surface area contributed by atoms with E-state index >= 15 is 0 Å². The Bertz CT molecular complexity index is 331. The van der Waals surface area contributed by atoms with Crippen molar-refractivity contribution < 1.29 is 4.39 Å². The van der Waals surface area contributed by atoms with Gasteiger partial charge in [-0.2, -0.15) is 0 Å². The molecule has 0 saturated heterocycles. The number of aryl methyl sites for hydroxylation is 1. The van der Waals surface area contributed by atoms with Crippen LogP contribution in [0.3, 0.4) is 0 Å². The second-order valence-electron chi connectivity index (χ2n) is 3.92. The Morgan fingerprint density at radius 2 is 2.23 bits per heavy atom. The summed E-state index contributed by atoms with van der Waals surface area (Å²) in [7, 11) is 0. The van der Waals surface area contributed by atoms with E-state index in [2.05, 4.69) is 5.32 Å². The first kappa shape index (κ1) is 8.54. The molecule has 2 heteroatoms. The average molecular weight is 179 g/mol. The second kappa shape index (κ2) is 2.72. The fourth-order valence-corrected chi connectivity index (χ4v) is 1.83. The minimum Gasteiger partial charge on any atom is -0.385 e. The van der Waals surface area contributed by atoms with Crippen LogP contribution in [0.1, 0.15) is 24.5 Å². The summed E-state index contributed by atoms with van der Waals surface area (Å²) in [5.41, 5.74) is 1.76. The van der Waals surface area contributed by atoms with Gasteiger partial charge in [-0.3, -0.25) is 0 Å². The van der Waals surface area contributed by atoms with Crippen molar-refractivity contribution in [1.82, 2.24) is 0 Å². The first-order valence-corrected chi connectivity index (χ1v) is 4.63. The summed E-state index contributed by atoms with van der Waals surface area (Å²) in [6.45, 7) is 4.40. The molecule has 0 fully saturated rings. The molecule has 1 aromatic carbocycles. The molecule has 1 aliphatic heterocycles. The predicted octanol–water partition coefficient (Wildman–Crippen LogP) is 3.00. The summed E-state index contributed by atoms with van der Waals surface area (Å²) < 4.78 is 14.0. The van der Waals surface area contributed by atoms with Gasteiger partial charge in [0.2, 0.25) is 0 Å². The molecule has 1 heterocycles. The average Bonchev–Trinajstić information content (AvgIpc) is 2.02. The van der Waals surface area contributed by atoms with Gasteiger partial charge in [0.25, 0.3) is 0 Å². The van der Waals surface area contributed by atoms with Crippen molar-refractivity contribution in [2.45, 2.75) is 25.9 Å². The van der Waals surface area contributed by atoms with Crippen LogP contribution in [0.15, 0.2) is 18.2 Å². The van der Waals surface area contributed by atoms with Crippen molar-refractivity contribution in [1.29, 1.82) is 0 Å². The largest absolute Gasteiger partial charge is 0.385 e. The van der Waals surface area contributed by atoms with Crippen LogP contribution in [0.2, 0.25) is 0 Å². The van der Waals surface area contributed by atoms with E-state index in [1.165, 1.54) is 5.56 Å². The molecule has 0 aromatic heterocycles. The van der Waals surface area contributed by atoms with E-state index in [9.17, 15) is 4.39 Å². The molecule has 1 aliphatic rings. The van der Waals surface area contributed by atoms with Gasteiger partial charge in [0.05, 0.1) is 0 Å². The lowest BCUT2D eigenvalue weighted by Crippen LogP contribution is -2.26. The number of benzene rings is 1. The Labute approximate surface area is 78.0 Å². The summed E-state index contributed by atoms with van der Waals surface area (Å²) in [5.74, 6) is 0. The zero-order chi connectivity index (χ0) is 9.47. The molecule has 13 heavy (non-hydrogen) atoms. The molecular weight excluding hydrogens is 165 g/mol. The smallest absolute Gasteiger partial charge is 0.136 e. The highest BCUT2D eigenvalue weighted by Crippen LogP contribution is 2.38. The molecule has 1 nitrogen and oxygen atoms in total. The second-order valence-corrected chi connectivity index (χ2v) is 3.92. The van der Waals surface area contributed by atoms with E-state index in [4.69, 9.17) is 0 Å². The normalized spacial score (nSPS) is 26.4. The fraction of sp³-hybridized carbons (Fsp3) is 0.455. The third-order valence-electron chi connectivity index (χ3n) is 2.65. The van der Waals surface area contributed by atoms with Crippen molar-refractivity contribution in [3.63, 3.8) is 0 Å². The van der Waals surface area contributed by atoms with E-state index in [1.54, 1.807) is 6.92 Å². The van der Waals surface area contributed by atoms with Gasteiger partial charge in [-0.1, -0.05) is 12.1 Å². The van der Waals surface area contributed by atoms with Gasteiger partial charge >= 0.3 is 0 Å². The molecule has 1 atom stereocenters. The number of fused-ring (bicyclic) bond motifs is 1. The number of rotatable bonds is 0. The number of alkyl halides is 1. The molecule has 0 saturated carbocycles. The van der Waals surface area contributed by atoms with Gasteiger partial charge in [0.1, 0.15) is 5.67 Å². The minimum atomic E-state index is -1.16. The molecule has 2 rings (SSSR count). The third-order valence-corrected chi connectivity index (χ3v) is 2.65. The van der Waals surface area contributed by atoms with Crippen LogP contribution in [-0.4, -0.2) is 6.54 Å². The quantitative estimate of drug-likeness (QED) is 0.645. The van der Waals surface area contributed by atoms with E-state index in [0.717, 1.165) is 17.8 Å². The standard InChI is InChI=1S/C11H14FN/c1-8-3-4-9-10(7-8)13-6-5-11(9,2)12/h3-4,7,13H,5-6H2,1-2H3. The summed E-state index contributed by atoms with van der Waals surface area (Å²) in [6.07, 6.45) is 0.559. The summed E-state index contributed by atoms with van der Waals surface area (Å²) in [5, 5.41) is 3.22. The molecule has 0 spiro atoms. The van der Waals surface area contributed by atoms with Gasteiger partial charge in [0, 0.05) is 24.2 Å². The van der Waals surface area contributed by atoms with E-state index in [1.807, 2.05) is 25.1 Å². The molecule has 0 bridgehead atoms. The Balaban J connectivity index is 2.53. The molecule has 0 aliphatic carbocycles. The lowest BCUT2D eigenvalue weighted by atomic mass is 9.89. The maximum atomic E-state index is 14.0. The molecule has 1 unspecified atom stereocenters. The number of hydrogen-bond acceptors (Lipinski definition) is 1. The highest BCUT2D eigenvalue weighted by molar-refractivity contribution is 5.57. The molecule has 0 amide bonds. The number of halogens is 1. The zero-order valence-corrected chi connectivity index (χ0v) is 8.02. The maximum Gasteiger partial charge on any atom is 0.136 e. The summed E-state index contributed by atoms with van der Waals surface area (Å²) in [6, 6.07) is 5.85. The van der Waals surface area contributed by atoms with Gasteiger partial charge in [-0.15, -0.1) is 0 Å². The monoisotopic (exact) mass is 179 g/mol. The van der Waals surface area contributed by atoms with Crippen molar-refractivity contribution in [3.05, 3.63) is 29.3 Å². The maximum absolute atomic E-state index is 14.0. The minimum absolute atomic E-state index is 0.559. The zero-order valence-electron chi connectivity index (χ0n) is 8.02. The number of anilines is 1. The van der Waals surface area contributed by atoms with Gasteiger partial charge in [-0.25, -0.2) is 4.39 Å². The highest BCUT2D eigenvalue weighted by Gasteiger charge is 2.31. The van der Waals surface area contributed by atoms with Gasteiger partial charge in [-0.05, 0) is 25.5 Å². The Morgan fingerprint density at radius 3 is 3.00 bits per heavy atom. The Morgan fingerprint density at radius 1 is 1.46 bits per heavy atom. The van der Waals surface area contributed by atoms with Crippen LogP contribution in [0.4, 0.5) is 10.1 Å². The van der Waals surface area contributed by atoms with Crippen LogP contribution in [-0.2, 0) is 5.67 Å². The number of nitrogens with one attached hydrogen (secondary N) is 1. The summed E-state index contributed by atoms with van der Waals surface area (Å²) >= 11 is 0. The highest BCUT2D eigenvalue weighted by atomic mass is 19.1. The Kier molecular flexibility index (Phi) is 1.79. The third kappa shape index (κ3) is 1.41. The van der Waals surface area contributed by atoms with Crippen LogP contribution in [0.25, 0.3) is 0 Å². The van der Waals surface area contributed by atoms with E-state index in [0.29, 0.717) is 6.42 Å². The Hall–Kier alpha value is -1.05. The van der Waals surface area contributed by atoms with Gasteiger partial charge < -0.3 is 5.32 Å².